The zero-order chi connectivity index (χ0) is 15.7. The van der Waals surface area contributed by atoms with Gasteiger partial charge in [-0.3, -0.25) is 9.69 Å². The van der Waals surface area contributed by atoms with E-state index in [2.05, 4.69) is 30.7 Å². The van der Waals surface area contributed by atoms with Gasteiger partial charge in [0.25, 0.3) is 5.91 Å². The summed E-state index contributed by atoms with van der Waals surface area (Å²) in [4.78, 5) is 21.7. The lowest BCUT2D eigenvalue weighted by Crippen LogP contribution is -2.45. The van der Waals surface area contributed by atoms with E-state index in [1.165, 1.54) is 6.42 Å². The van der Waals surface area contributed by atoms with Crippen LogP contribution in [0.3, 0.4) is 0 Å². The van der Waals surface area contributed by atoms with Crippen LogP contribution in [0.25, 0.3) is 0 Å². The number of carbonyl (C=O) groups is 1. The fraction of sp³-hybridized carbons (Fsp3) is 0.667. The zero-order valence-electron chi connectivity index (χ0n) is 14.0. The first kappa shape index (κ1) is 15.5. The highest BCUT2D eigenvalue weighted by Gasteiger charge is 2.36. The van der Waals surface area contributed by atoms with Gasteiger partial charge in [0, 0.05) is 31.7 Å². The molecule has 120 valence electrons. The lowest BCUT2D eigenvalue weighted by atomic mass is 9.97. The topological polar surface area (TPSA) is 36.4 Å². The fourth-order valence-electron chi connectivity index (χ4n) is 3.60. The molecule has 0 saturated carbocycles. The van der Waals surface area contributed by atoms with Gasteiger partial charge in [-0.15, -0.1) is 0 Å². The molecule has 2 saturated heterocycles. The van der Waals surface area contributed by atoms with Gasteiger partial charge in [-0.05, 0) is 44.7 Å². The summed E-state index contributed by atoms with van der Waals surface area (Å²) in [5, 5.41) is 0. The average Bonchev–Trinajstić information content (AvgIpc) is 2.81. The van der Waals surface area contributed by atoms with Crippen molar-refractivity contribution in [2.75, 3.05) is 19.6 Å². The number of pyridine rings is 1. The largest absolute Gasteiger partial charge is 0.332 e. The van der Waals surface area contributed by atoms with E-state index in [1.807, 2.05) is 23.1 Å². The Bertz CT molecular complexity index is 549. The minimum atomic E-state index is -0.0411. The van der Waals surface area contributed by atoms with Gasteiger partial charge in [0.05, 0.1) is 5.69 Å². The van der Waals surface area contributed by atoms with Crippen LogP contribution >= 0.6 is 0 Å². The Morgan fingerprint density at radius 1 is 1.36 bits per heavy atom. The molecule has 2 fully saturated rings. The Labute approximate surface area is 133 Å². The number of likely N-dealkylation sites (tertiary alicyclic amines) is 2. The zero-order valence-corrected chi connectivity index (χ0v) is 14.0. The fourth-order valence-corrected chi connectivity index (χ4v) is 3.60. The highest BCUT2D eigenvalue weighted by atomic mass is 16.2. The Kier molecular flexibility index (Phi) is 4.22. The van der Waals surface area contributed by atoms with Crippen molar-refractivity contribution in [3.63, 3.8) is 0 Å². The molecule has 3 heterocycles. The number of carbonyl (C=O) groups excluding carboxylic acids is 1. The van der Waals surface area contributed by atoms with Gasteiger partial charge in [0.15, 0.2) is 0 Å². The minimum absolute atomic E-state index is 0.0411. The van der Waals surface area contributed by atoms with Gasteiger partial charge >= 0.3 is 0 Å². The summed E-state index contributed by atoms with van der Waals surface area (Å²) in [5.74, 6) is 0.926. The molecular formula is C18H27N3O. The first-order valence-corrected chi connectivity index (χ1v) is 8.50. The lowest BCUT2D eigenvalue weighted by Gasteiger charge is -2.38. The van der Waals surface area contributed by atoms with E-state index in [-0.39, 0.29) is 11.4 Å². The molecule has 0 spiro atoms. The van der Waals surface area contributed by atoms with Crippen molar-refractivity contribution in [2.45, 2.75) is 52.1 Å². The summed E-state index contributed by atoms with van der Waals surface area (Å²) >= 11 is 0. The monoisotopic (exact) mass is 301 g/mol. The van der Waals surface area contributed by atoms with Crippen molar-refractivity contribution in [1.29, 1.82) is 0 Å². The van der Waals surface area contributed by atoms with Gasteiger partial charge in [-0.2, -0.15) is 0 Å². The van der Waals surface area contributed by atoms with Crippen LogP contribution in [-0.4, -0.2) is 45.9 Å². The summed E-state index contributed by atoms with van der Waals surface area (Å²) in [6.45, 7) is 10.6. The molecule has 2 aliphatic rings. The van der Waals surface area contributed by atoms with Crippen LogP contribution < -0.4 is 0 Å². The van der Waals surface area contributed by atoms with Crippen molar-refractivity contribution in [1.82, 2.24) is 14.8 Å². The Balaban J connectivity index is 1.67. The molecule has 4 nitrogen and oxygen atoms in total. The van der Waals surface area contributed by atoms with Gasteiger partial charge in [0.1, 0.15) is 5.69 Å². The molecule has 1 aromatic rings. The molecule has 0 atom stereocenters. The molecule has 0 N–H and O–H groups in total. The lowest BCUT2D eigenvalue weighted by molar-refractivity contribution is 0.0643. The molecular weight excluding hydrogens is 274 g/mol. The Hall–Kier alpha value is -1.42. The second kappa shape index (κ2) is 5.99. The van der Waals surface area contributed by atoms with Crippen LogP contribution in [0.4, 0.5) is 0 Å². The van der Waals surface area contributed by atoms with Gasteiger partial charge in [-0.25, -0.2) is 4.98 Å². The molecule has 3 rings (SSSR count). The third-order valence-electron chi connectivity index (χ3n) is 5.17. The summed E-state index contributed by atoms with van der Waals surface area (Å²) in [6, 6.07) is 5.85. The van der Waals surface area contributed by atoms with Crippen LogP contribution in [0.5, 0.6) is 0 Å². The molecule has 0 bridgehead atoms. The number of aromatic nitrogens is 1. The SMILES string of the molecule is CCC1CN(Cc2cccc(C(=O)N3CCCC3(C)C)n2)C1. The van der Waals surface area contributed by atoms with Crippen LogP contribution in [0.15, 0.2) is 18.2 Å². The Morgan fingerprint density at radius 3 is 2.77 bits per heavy atom. The predicted molar refractivity (Wildman–Crippen MR) is 87.6 cm³/mol. The van der Waals surface area contributed by atoms with Crippen LogP contribution in [0.2, 0.25) is 0 Å². The second-order valence-corrected chi connectivity index (χ2v) is 7.36. The van der Waals surface area contributed by atoms with E-state index in [0.717, 1.165) is 50.6 Å². The highest BCUT2D eigenvalue weighted by molar-refractivity contribution is 5.93. The number of hydrogen-bond donors (Lipinski definition) is 0. The average molecular weight is 301 g/mol. The van der Waals surface area contributed by atoms with Crippen LogP contribution in [0, 0.1) is 5.92 Å². The molecule has 2 aliphatic heterocycles. The summed E-state index contributed by atoms with van der Waals surface area (Å²) in [6.07, 6.45) is 3.42. The van der Waals surface area contributed by atoms with Crippen molar-refractivity contribution >= 4 is 5.91 Å². The maximum atomic E-state index is 12.7. The van der Waals surface area contributed by atoms with E-state index < -0.39 is 0 Å². The van der Waals surface area contributed by atoms with Crippen molar-refractivity contribution in [2.24, 2.45) is 5.92 Å². The number of amides is 1. The maximum Gasteiger partial charge on any atom is 0.272 e. The molecule has 0 unspecified atom stereocenters. The summed E-state index contributed by atoms with van der Waals surface area (Å²) in [7, 11) is 0. The molecule has 0 radical (unpaired) electrons. The summed E-state index contributed by atoms with van der Waals surface area (Å²) < 4.78 is 0. The standard InChI is InChI=1S/C18H27N3O/c1-4-14-11-20(12-14)13-15-7-5-8-16(19-15)17(22)21-10-6-9-18(21,2)3/h5,7-8,14H,4,6,9-13H2,1-3H3. The smallest absolute Gasteiger partial charge is 0.272 e. The third kappa shape index (κ3) is 3.02. The predicted octanol–water partition coefficient (Wildman–Crippen LogP) is 2.94. The molecule has 1 amide bonds. The van der Waals surface area contributed by atoms with E-state index in [9.17, 15) is 4.79 Å². The van der Waals surface area contributed by atoms with Crippen molar-refractivity contribution < 1.29 is 4.79 Å². The molecule has 0 aliphatic carbocycles. The van der Waals surface area contributed by atoms with Gasteiger partial charge in [0.2, 0.25) is 0 Å². The maximum absolute atomic E-state index is 12.7. The Morgan fingerprint density at radius 2 is 2.14 bits per heavy atom. The van der Waals surface area contributed by atoms with Crippen LogP contribution in [-0.2, 0) is 6.54 Å². The van der Waals surface area contributed by atoms with E-state index in [0.29, 0.717) is 5.69 Å². The van der Waals surface area contributed by atoms with Crippen LogP contribution in [0.1, 0.15) is 56.2 Å². The first-order chi connectivity index (χ1) is 10.5. The van der Waals surface area contributed by atoms with E-state index >= 15 is 0 Å². The number of nitrogens with zero attached hydrogens (tertiary/aromatic N) is 3. The molecule has 4 heteroatoms. The van der Waals surface area contributed by atoms with Gasteiger partial charge in [-0.1, -0.05) is 19.4 Å². The first-order valence-electron chi connectivity index (χ1n) is 8.50. The molecule has 1 aromatic heterocycles. The summed E-state index contributed by atoms with van der Waals surface area (Å²) in [5.41, 5.74) is 1.57. The highest BCUT2D eigenvalue weighted by Crippen LogP contribution is 2.29. The van der Waals surface area contributed by atoms with Crippen molar-refractivity contribution in [3.8, 4) is 0 Å². The second-order valence-electron chi connectivity index (χ2n) is 7.36. The van der Waals surface area contributed by atoms with Gasteiger partial charge < -0.3 is 4.90 Å². The van der Waals surface area contributed by atoms with E-state index in [4.69, 9.17) is 0 Å². The minimum Gasteiger partial charge on any atom is -0.332 e. The molecule has 22 heavy (non-hydrogen) atoms. The third-order valence-corrected chi connectivity index (χ3v) is 5.17. The molecule has 0 aromatic carbocycles. The van der Waals surface area contributed by atoms with Crippen molar-refractivity contribution in [3.05, 3.63) is 29.6 Å². The number of rotatable bonds is 4. The normalized spacial score (nSPS) is 21.9. The number of hydrogen-bond acceptors (Lipinski definition) is 3. The van der Waals surface area contributed by atoms with E-state index in [1.54, 1.807) is 0 Å². The quantitative estimate of drug-likeness (QED) is 0.858.